The zero-order valence-corrected chi connectivity index (χ0v) is 29.4. The van der Waals surface area contributed by atoms with Crippen molar-refractivity contribution in [3.8, 4) is 0 Å². The number of halogens is 2. The molecule has 2 aliphatic rings. The molecule has 0 amide bonds. The number of rotatable bonds is 6. The van der Waals surface area contributed by atoms with Crippen LogP contribution in [0.25, 0.3) is 28.1 Å². The van der Waals surface area contributed by atoms with Crippen LogP contribution in [0.2, 0.25) is 0 Å². The quantitative estimate of drug-likeness (QED) is 0.158. The van der Waals surface area contributed by atoms with Gasteiger partial charge in [-0.05, 0) is 0 Å². The predicted molar refractivity (Wildman–Crippen MR) is 183 cm³/mol. The van der Waals surface area contributed by atoms with Gasteiger partial charge >= 0.3 is 240 Å². The van der Waals surface area contributed by atoms with Crippen LogP contribution < -0.4 is 0 Å². The molecule has 0 spiro atoms. The second kappa shape index (κ2) is 12.2. The Balaban J connectivity index is 0.00000169. The van der Waals surface area contributed by atoms with Gasteiger partial charge in [-0.2, -0.15) is 0 Å². The van der Waals surface area contributed by atoms with Crippen molar-refractivity contribution in [2.45, 2.75) is 43.7 Å². The van der Waals surface area contributed by atoms with Gasteiger partial charge in [0, 0.05) is 0 Å². The molecule has 5 aromatic carbocycles. The van der Waals surface area contributed by atoms with E-state index in [0.717, 1.165) is 25.7 Å². The van der Waals surface area contributed by atoms with Crippen molar-refractivity contribution in [2.75, 3.05) is 0 Å². The van der Waals surface area contributed by atoms with E-state index < -0.39 is 18.9 Å². The average Bonchev–Trinajstić information content (AvgIpc) is 3.57. The van der Waals surface area contributed by atoms with Gasteiger partial charge in [-0.1, -0.05) is 0 Å². The van der Waals surface area contributed by atoms with Crippen LogP contribution in [0.4, 0.5) is 0 Å². The third kappa shape index (κ3) is 4.96. The van der Waals surface area contributed by atoms with Crippen molar-refractivity contribution in [2.24, 2.45) is 0 Å². The zero-order chi connectivity index (χ0) is 26.6. The smallest absolute Gasteiger partial charge is 0.147 e. The van der Waals surface area contributed by atoms with E-state index in [0.29, 0.717) is 0 Å². The van der Waals surface area contributed by atoms with Crippen molar-refractivity contribution in [1.29, 1.82) is 0 Å². The number of allylic oxidation sites excluding steroid dienone is 2. The van der Waals surface area contributed by atoms with Crippen molar-refractivity contribution in [3.05, 3.63) is 142 Å². The molecule has 2 aliphatic carbocycles. The molecule has 0 atom stereocenters. The SMILES string of the molecule is CCC1=[C]([Zr](=[SiH2])([CH2]c2ccccc2)[C]2=C(CC)Cc3ccc4ccccc4c32)c2c(ccc3ccccc23)C1.Cl.Cl. The normalized spacial score (nSPS) is 14.2. The average molecular weight is 672 g/mol. The molecule has 0 nitrogen and oxygen atoms in total. The molecule has 0 fully saturated rings. The summed E-state index contributed by atoms with van der Waals surface area (Å²) in [5, 5.41) is 5.68. The molecule has 5 aromatic rings. The molecule has 0 radical (unpaired) electrons. The van der Waals surface area contributed by atoms with E-state index >= 15 is 0 Å². The summed E-state index contributed by atoms with van der Waals surface area (Å²) >= 11 is -3.33. The summed E-state index contributed by atoms with van der Waals surface area (Å²) in [6, 6.07) is 39.3. The molecular weight excluding hydrogens is 635 g/mol. The maximum atomic E-state index is 2.48. The van der Waals surface area contributed by atoms with Crippen LogP contribution in [0.1, 0.15) is 54.5 Å². The van der Waals surface area contributed by atoms with Crippen molar-refractivity contribution in [3.63, 3.8) is 0 Å². The summed E-state index contributed by atoms with van der Waals surface area (Å²) in [4.78, 5) is 0. The predicted octanol–water partition coefficient (Wildman–Crippen LogP) is 9.79. The molecule has 0 aromatic heterocycles. The van der Waals surface area contributed by atoms with Crippen molar-refractivity contribution >= 4 is 59.8 Å². The van der Waals surface area contributed by atoms with Crippen LogP contribution in [0.15, 0.2) is 114 Å². The Hall–Kier alpha value is -2.22. The third-order valence-corrected chi connectivity index (χ3v) is 25.0. The fraction of sp³-hybridized carbons (Fsp3) is 0.189. The fourth-order valence-corrected chi connectivity index (χ4v) is 26.5. The maximum absolute atomic E-state index is 3.33. The molecular formula is C37H37Cl2SiZr. The summed E-state index contributed by atoms with van der Waals surface area (Å²) in [7, 11) is 0. The molecule has 207 valence electrons. The van der Waals surface area contributed by atoms with Crippen molar-refractivity contribution < 1.29 is 18.9 Å². The van der Waals surface area contributed by atoms with E-state index in [9.17, 15) is 0 Å². The minimum absolute atomic E-state index is 0. The van der Waals surface area contributed by atoms with Gasteiger partial charge in [0.2, 0.25) is 0 Å². The van der Waals surface area contributed by atoms with E-state index in [1.807, 2.05) is 6.56 Å². The first-order valence-electron chi connectivity index (χ1n) is 14.5. The molecule has 0 unspecified atom stereocenters. The Kier molecular flexibility index (Phi) is 8.98. The summed E-state index contributed by atoms with van der Waals surface area (Å²) in [6.07, 6.45) is 4.52. The van der Waals surface area contributed by atoms with Gasteiger partial charge in [0.1, 0.15) is 0 Å². The van der Waals surface area contributed by atoms with E-state index in [1.54, 1.807) is 33.4 Å². The van der Waals surface area contributed by atoms with Crippen LogP contribution >= 0.6 is 24.8 Å². The molecule has 0 aliphatic heterocycles. The van der Waals surface area contributed by atoms with Gasteiger partial charge in [0.05, 0.1) is 0 Å². The first kappa shape index (κ1) is 30.2. The summed E-state index contributed by atoms with van der Waals surface area (Å²) < 4.78 is 4.83. The minimum Gasteiger partial charge on any atom is -0.147 e. The number of hydrogen-bond donors (Lipinski definition) is 0. The van der Waals surface area contributed by atoms with Gasteiger partial charge in [-0.3, -0.25) is 0 Å². The zero-order valence-electron chi connectivity index (χ0n) is 23.9. The molecule has 0 saturated carbocycles. The maximum Gasteiger partial charge on any atom is -0.147 e. The summed E-state index contributed by atoms with van der Waals surface area (Å²) in [5.41, 5.74) is 11.2. The van der Waals surface area contributed by atoms with Crippen LogP contribution in [-0.2, 0) is 35.9 Å². The Labute approximate surface area is 262 Å². The number of benzene rings is 5. The molecule has 0 saturated heterocycles. The Morgan fingerprint density at radius 2 is 1.00 bits per heavy atom. The molecule has 0 N–H and O–H groups in total. The number of fused-ring (bicyclic) bond motifs is 6. The topological polar surface area (TPSA) is 0 Å². The van der Waals surface area contributed by atoms with Gasteiger partial charge in [-0.25, -0.2) is 0 Å². The van der Waals surface area contributed by atoms with Gasteiger partial charge < -0.3 is 0 Å². The Bertz CT molecular complexity index is 1770. The standard InChI is InChI=1S/2C15H13.C7H7.2ClH.H2Si.Zr/c2*1-2-11-9-13-8-7-12-5-3-4-6-14(12)15(13)10-11;1-7-5-3-2-4-6-7;;;;/h2*3-8H,2,9H2,1H3;2-6H,1H2;2*1H;1H2;. The second-order valence-corrected chi connectivity index (χ2v) is 27.2. The minimum atomic E-state index is -3.33. The van der Waals surface area contributed by atoms with E-state index in [4.69, 9.17) is 0 Å². The van der Waals surface area contributed by atoms with E-state index in [1.165, 1.54) is 31.2 Å². The summed E-state index contributed by atoms with van der Waals surface area (Å²) in [5.74, 6) is 0. The van der Waals surface area contributed by atoms with Crippen LogP contribution in [0.5, 0.6) is 0 Å². The molecule has 0 bridgehead atoms. The molecule has 0 heterocycles. The molecule has 4 heteroatoms. The van der Waals surface area contributed by atoms with E-state index in [-0.39, 0.29) is 24.8 Å². The van der Waals surface area contributed by atoms with Gasteiger partial charge in [-0.15, -0.1) is 24.8 Å². The van der Waals surface area contributed by atoms with Crippen LogP contribution in [0, 0.1) is 0 Å². The Morgan fingerprint density at radius 1 is 0.561 bits per heavy atom. The monoisotopic (exact) mass is 669 g/mol. The third-order valence-electron chi connectivity index (χ3n) is 9.20. The van der Waals surface area contributed by atoms with Crippen molar-refractivity contribution in [1.82, 2.24) is 0 Å². The largest absolute Gasteiger partial charge is 0.147 e. The van der Waals surface area contributed by atoms with Crippen LogP contribution in [0.3, 0.4) is 0 Å². The molecule has 7 rings (SSSR count). The first-order valence-corrected chi connectivity index (χ1v) is 24.6. The fourth-order valence-electron chi connectivity index (χ4n) is 7.51. The Morgan fingerprint density at radius 3 is 1.46 bits per heavy atom. The van der Waals surface area contributed by atoms with Gasteiger partial charge in [0.25, 0.3) is 0 Å². The van der Waals surface area contributed by atoms with Gasteiger partial charge in [0.15, 0.2) is 0 Å². The second-order valence-electron chi connectivity index (χ2n) is 11.4. The number of hydrogen-bond acceptors (Lipinski definition) is 0. The first-order chi connectivity index (χ1) is 19.1. The van der Waals surface area contributed by atoms with Crippen LogP contribution in [-0.4, -0.2) is 6.88 Å². The van der Waals surface area contributed by atoms with E-state index in [2.05, 4.69) is 124 Å². The summed E-state index contributed by atoms with van der Waals surface area (Å²) in [6.45, 7) is 7.27. The molecule has 41 heavy (non-hydrogen) atoms.